The van der Waals surface area contributed by atoms with Crippen molar-refractivity contribution in [2.75, 3.05) is 11.9 Å². The first-order valence-electron chi connectivity index (χ1n) is 7.94. The number of fused-ring (bicyclic) bond motifs is 1. The van der Waals surface area contributed by atoms with Crippen molar-refractivity contribution < 1.29 is 0 Å². The minimum absolute atomic E-state index is 0. The molecule has 0 spiro atoms. The van der Waals surface area contributed by atoms with Gasteiger partial charge in [0.05, 0.1) is 17.6 Å². The Balaban J connectivity index is 0.00000169. The van der Waals surface area contributed by atoms with Crippen LogP contribution in [0.5, 0.6) is 0 Å². The molecule has 1 atom stereocenters. The third-order valence-corrected chi connectivity index (χ3v) is 4.39. The minimum atomic E-state index is 0. The molecular formula is C18H20N5Rf-. The summed E-state index contributed by atoms with van der Waals surface area (Å²) >= 11 is 0. The van der Waals surface area contributed by atoms with Gasteiger partial charge in [0.15, 0.2) is 0 Å². The molecule has 2 N–H and O–H groups in total. The number of anilines is 1. The normalized spacial score (nSPS) is 17.0. The predicted octanol–water partition coefficient (Wildman–Crippen LogP) is 2.95. The van der Waals surface area contributed by atoms with Crippen LogP contribution in [-0.2, 0) is 0 Å². The summed E-state index contributed by atoms with van der Waals surface area (Å²) in [5, 5.41) is 6.72. The van der Waals surface area contributed by atoms with Crippen LogP contribution in [0.15, 0.2) is 36.7 Å². The van der Waals surface area contributed by atoms with E-state index in [0.717, 1.165) is 35.8 Å². The average Bonchev–Trinajstić information content (AvgIpc) is 3.18. The maximum absolute atomic E-state index is 4.77. The SMILES string of the molecule is Cc1cc2ncc(-c3cccc(NC4C[CH-]NC4)n3)n2cc1C.[Rf]. The van der Waals surface area contributed by atoms with Crippen molar-refractivity contribution in [3.05, 3.63) is 54.3 Å². The molecule has 1 fully saturated rings. The first-order valence-corrected chi connectivity index (χ1v) is 7.94. The fraction of sp³-hybridized carbons (Fsp3) is 0.278. The van der Waals surface area contributed by atoms with Crippen LogP contribution < -0.4 is 10.6 Å². The molecule has 0 aliphatic carbocycles. The maximum Gasteiger partial charge on any atom is 0.137 e. The molecule has 120 valence electrons. The number of hydrogen-bond donors (Lipinski definition) is 2. The number of nitrogens with one attached hydrogen (secondary N) is 2. The Kier molecular flexibility index (Phi) is 3.88. The van der Waals surface area contributed by atoms with Crippen molar-refractivity contribution >= 4 is 11.5 Å². The quantitative estimate of drug-likeness (QED) is 0.474. The molecule has 6 heteroatoms. The van der Waals surface area contributed by atoms with Gasteiger partial charge in [0.1, 0.15) is 11.5 Å². The van der Waals surface area contributed by atoms with Crippen LogP contribution in [0.4, 0.5) is 5.82 Å². The zero-order valence-corrected chi connectivity index (χ0v) is 20.5. The number of pyridine rings is 2. The predicted molar refractivity (Wildman–Crippen MR) is 92.2 cm³/mol. The van der Waals surface area contributed by atoms with Gasteiger partial charge in [-0.2, -0.15) is 0 Å². The zero-order valence-electron chi connectivity index (χ0n) is 14.1. The number of aryl methyl sites for hydroxylation is 2. The van der Waals surface area contributed by atoms with Crippen molar-refractivity contribution in [3.8, 4) is 11.4 Å². The van der Waals surface area contributed by atoms with Gasteiger partial charge in [-0.05, 0) is 49.7 Å². The van der Waals surface area contributed by atoms with Crippen molar-refractivity contribution in [1.82, 2.24) is 19.7 Å². The number of aromatic nitrogens is 3. The zero-order chi connectivity index (χ0) is 15.8. The molecule has 3 aromatic rings. The Morgan fingerprint density at radius 2 is 2.17 bits per heavy atom. The topological polar surface area (TPSA) is 54.2 Å². The first kappa shape index (κ1) is 15.5. The van der Waals surface area contributed by atoms with Gasteiger partial charge < -0.3 is 10.6 Å². The maximum atomic E-state index is 4.77. The second kappa shape index (κ2) is 6.01. The molecule has 4 heterocycles. The number of hydrogen-bond acceptors (Lipinski definition) is 4. The minimum Gasteiger partial charge on any atom is -0.468 e. The third kappa shape index (κ3) is 2.65. The van der Waals surface area contributed by atoms with Crippen molar-refractivity contribution in [2.45, 2.75) is 26.3 Å². The van der Waals surface area contributed by atoms with Crippen LogP contribution in [0.3, 0.4) is 0 Å². The third-order valence-electron chi connectivity index (χ3n) is 4.39. The van der Waals surface area contributed by atoms with Gasteiger partial charge in [-0.3, -0.25) is 10.9 Å². The molecule has 0 radical (unpaired) electrons. The summed E-state index contributed by atoms with van der Waals surface area (Å²) in [6, 6.07) is 8.60. The van der Waals surface area contributed by atoms with Gasteiger partial charge in [0.2, 0.25) is 0 Å². The van der Waals surface area contributed by atoms with Crippen LogP contribution in [0.25, 0.3) is 17.0 Å². The van der Waals surface area contributed by atoms with E-state index in [2.05, 4.69) is 52.7 Å². The Labute approximate surface area is 135 Å². The molecule has 0 aromatic carbocycles. The summed E-state index contributed by atoms with van der Waals surface area (Å²) in [6.07, 6.45) is 5.04. The van der Waals surface area contributed by atoms with Crippen LogP contribution in [0.2, 0.25) is 0 Å². The summed E-state index contributed by atoms with van der Waals surface area (Å²) in [5.41, 5.74) is 5.41. The first-order chi connectivity index (χ1) is 11.2. The van der Waals surface area contributed by atoms with Crippen molar-refractivity contribution in [3.63, 3.8) is 0 Å². The second-order valence-electron chi connectivity index (χ2n) is 6.11. The molecule has 0 saturated carbocycles. The molecule has 0 bridgehead atoms. The van der Waals surface area contributed by atoms with E-state index in [-0.39, 0.29) is 0 Å². The molecule has 0 amide bonds. The van der Waals surface area contributed by atoms with E-state index >= 15 is 0 Å². The molecule has 24 heavy (non-hydrogen) atoms. The summed E-state index contributed by atoms with van der Waals surface area (Å²) < 4.78 is 2.11. The van der Waals surface area contributed by atoms with Crippen LogP contribution >= 0.6 is 0 Å². The summed E-state index contributed by atoms with van der Waals surface area (Å²) in [5.74, 6) is 0.906. The van der Waals surface area contributed by atoms with Crippen LogP contribution in [-0.4, -0.2) is 27.0 Å². The van der Waals surface area contributed by atoms with Gasteiger partial charge in [-0.25, -0.2) is 9.97 Å². The number of imidazole rings is 1. The van der Waals surface area contributed by atoms with Crippen molar-refractivity contribution in [2.24, 2.45) is 0 Å². The van der Waals surface area contributed by atoms with E-state index in [4.69, 9.17) is 4.98 Å². The molecule has 1 aliphatic heterocycles. The van der Waals surface area contributed by atoms with E-state index in [1.807, 2.05) is 24.4 Å². The van der Waals surface area contributed by atoms with Gasteiger partial charge in [0, 0.05) is 12.2 Å². The average molecular weight is 573 g/mol. The van der Waals surface area contributed by atoms with Gasteiger partial charge >= 0.3 is 0 Å². The summed E-state index contributed by atoms with van der Waals surface area (Å²) in [4.78, 5) is 9.28. The van der Waals surface area contributed by atoms with E-state index in [9.17, 15) is 0 Å². The standard InChI is InChI=1S/C18H20N5.Rf/c1-12-8-18-20-10-16(23(18)11-13(12)2)15-4-3-5-17(22-15)21-14-6-7-19-9-14;/h3-5,7-8,10-11,14,19H,6,9H2,1-2H3,(H,21,22);/q-1;. The largest absolute Gasteiger partial charge is 0.468 e. The van der Waals surface area contributed by atoms with E-state index in [1.165, 1.54) is 11.1 Å². The molecule has 4 rings (SSSR count). The molecule has 1 saturated heterocycles. The summed E-state index contributed by atoms with van der Waals surface area (Å²) in [7, 11) is 0. The Morgan fingerprint density at radius 1 is 1.29 bits per heavy atom. The second-order valence-corrected chi connectivity index (χ2v) is 6.11. The molecular weight excluding hydrogens is 553 g/mol. The van der Waals surface area contributed by atoms with Gasteiger partial charge in [0.25, 0.3) is 0 Å². The smallest absolute Gasteiger partial charge is 0.137 e. The van der Waals surface area contributed by atoms with E-state index < -0.39 is 0 Å². The van der Waals surface area contributed by atoms with Crippen LogP contribution in [0.1, 0.15) is 17.5 Å². The van der Waals surface area contributed by atoms with Crippen LogP contribution in [0, 0.1) is 20.4 Å². The summed E-state index contributed by atoms with van der Waals surface area (Å²) in [6.45, 7) is 7.27. The molecule has 1 aliphatic rings. The number of nitrogens with zero attached hydrogens (tertiary/aromatic N) is 3. The monoisotopic (exact) mass is 573 g/mol. The molecule has 1 unspecified atom stereocenters. The Hall–Kier alpha value is -3.40. The molecule has 3 aromatic heterocycles. The fourth-order valence-corrected chi connectivity index (χ4v) is 2.92. The Morgan fingerprint density at radius 3 is 2.96 bits per heavy atom. The number of rotatable bonds is 3. The van der Waals surface area contributed by atoms with Crippen molar-refractivity contribution in [1.29, 1.82) is 0 Å². The van der Waals surface area contributed by atoms with Gasteiger partial charge in [-0.1, -0.05) is 6.07 Å². The van der Waals surface area contributed by atoms with Gasteiger partial charge in [-0.15, -0.1) is 6.42 Å². The Bertz CT molecular complexity index is 852. The molecule has 5 nitrogen and oxygen atoms in total. The van der Waals surface area contributed by atoms with E-state index in [0.29, 0.717) is 6.04 Å². The fourth-order valence-electron chi connectivity index (χ4n) is 2.92. The van der Waals surface area contributed by atoms with E-state index in [1.54, 1.807) is 0 Å².